The molecule has 1 N–H and O–H groups in total. The van der Waals surface area contributed by atoms with E-state index in [1.165, 1.54) is 5.56 Å². The number of hydrogen-bond acceptors (Lipinski definition) is 4. The van der Waals surface area contributed by atoms with E-state index in [0.717, 1.165) is 32.1 Å². The topological polar surface area (TPSA) is 37.4 Å². The fourth-order valence-corrected chi connectivity index (χ4v) is 1.76. The molecule has 1 unspecified atom stereocenters. The Morgan fingerprint density at radius 3 is 2.67 bits per heavy atom. The highest BCUT2D eigenvalue weighted by molar-refractivity contribution is 5.39. The van der Waals surface area contributed by atoms with E-state index in [2.05, 4.69) is 41.2 Å². The van der Waals surface area contributed by atoms with Gasteiger partial charge in [-0.1, -0.05) is 6.07 Å². The summed E-state index contributed by atoms with van der Waals surface area (Å²) < 4.78 is 5.39. The fourth-order valence-electron chi connectivity index (χ4n) is 1.76. The van der Waals surface area contributed by atoms with Crippen molar-refractivity contribution in [3.63, 3.8) is 0 Å². The van der Waals surface area contributed by atoms with Crippen molar-refractivity contribution in [1.29, 1.82) is 0 Å². The van der Waals surface area contributed by atoms with Crippen LogP contribution in [0.4, 0.5) is 5.82 Å². The lowest BCUT2D eigenvalue weighted by Gasteiger charge is -2.22. The highest BCUT2D eigenvalue weighted by Gasteiger charge is 2.07. The van der Waals surface area contributed by atoms with Crippen molar-refractivity contribution in [2.45, 2.75) is 26.8 Å². The first-order valence-corrected chi connectivity index (χ1v) is 6.68. The average Bonchev–Trinajstić information content (AvgIpc) is 2.43. The Morgan fingerprint density at radius 1 is 1.39 bits per heavy atom. The van der Waals surface area contributed by atoms with Crippen molar-refractivity contribution in [1.82, 2.24) is 10.3 Å². The first-order chi connectivity index (χ1) is 8.72. The number of nitrogens with one attached hydrogen (secondary N) is 1. The van der Waals surface area contributed by atoms with E-state index in [1.807, 2.05) is 20.2 Å². The Balaban J connectivity index is 2.63. The molecule has 1 heterocycles. The summed E-state index contributed by atoms with van der Waals surface area (Å²) in [5, 5.41) is 3.21. The number of aromatic nitrogens is 1. The largest absolute Gasteiger partial charge is 0.380 e. The van der Waals surface area contributed by atoms with E-state index in [0.29, 0.717) is 6.04 Å². The van der Waals surface area contributed by atoms with Crippen LogP contribution in [0.15, 0.2) is 18.3 Å². The van der Waals surface area contributed by atoms with Gasteiger partial charge < -0.3 is 15.0 Å². The Kier molecular flexibility index (Phi) is 6.68. The van der Waals surface area contributed by atoms with Gasteiger partial charge in [-0.15, -0.1) is 0 Å². The summed E-state index contributed by atoms with van der Waals surface area (Å²) in [7, 11) is 1.96. The van der Waals surface area contributed by atoms with Crippen LogP contribution in [0.2, 0.25) is 0 Å². The lowest BCUT2D eigenvalue weighted by Crippen LogP contribution is -2.28. The first-order valence-electron chi connectivity index (χ1n) is 6.68. The normalized spacial score (nSPS) is 12.4. The summed E-state index contributed by atoms with van der Waals surface area (Å²) in [6.07, 6.45) is 1.94. The number of ether oxygens (including phenoxy) is 1. The van der Waals surface area contributed by atoms with Gasteiger partial charge >= 0.3 is 0 Å². The van der Waals surface area contributed by atoms with E-state index in [4.69, 9.17) is 4.74 Å². The lowest BCUT2D eigenvalue weighted by molar-refractivity contribution is 0.154. The van der Waals surface area contributed by atoms with Gasteiger partial charge in [0.05, 0.1) is 6.61 Å². The number of hydrogen-bond donors (Lipinski definition) is 1. The number of pyridine rings is 1. The summed E-state index contributed by atoms with van der Waals surface area (Å²) in [5.41, 5.74) is 1.21. The van der Waals surface area contributed by atoms with Crippen LogP contribution >= 0.6 is 0 Å². The number of nitrogens with zero attached hydrogens (tertiary/aromatic N) is 2. The van der Waals surface area contributed by atoms with E-state index in [1.54, 1.807) is 0 Å². The van der Waals surface area contributed by atoms with Gasteiger partial charge in [0, 0.05) is 31.9 Å². The van der Waals surface area contributed by atoms with Crippen molar-refractivity contribution in [2.75, 3.05) is 38.3 Å². The van der Waals surface area contributed by atoms with E-state index < -0.39 is 0 Å². The Bertz CT molecular complexity index is 326. The van der Waals surface area contributed by atoms with Crippen LogP contribution in [0.5, 0.6) is 0 Å². The van der Waals surface area contributed by atoms with Gasteiger partial charge in [0.25, 0.3) is 0 Å². The monoisotopic (exact) mass is 251 g/mol. The molecule has 0 aliphatic rings. The molecule has 102 valence electrons. The summed E-state index contributed by atoms with van der Waals surface area (Å²) >= 11 is 0. The zero-order valence-electron chi connectivity index (χ0n) is 11.9. The molecular formula is C14H25N3O. The minimum absolute atomic E-state index is 0.338. The highest BCUT2D eigenvalue weighted by atomic mass is 16.5. The summed E-state index contributed by atoms with van der Waals surface area (Å²) in [5.74, 6) is 1.02. The molecule has 0 fully saturated rings. The third-order valence-corrected chi connectivity index (χ3v) is 3.12. The molecule has 1 atom stereocenters. The molecule has 1 rings (SSSR count). The van der Waals surface area contributed by atoms with Crippen LogP contribution in [0.3, 0.4) is 0 Å². The summed E-state index contributed by atoms with van der Waals surface area (Å²) in [6.45, 7) is 9.63. The second-order valence-electron chi connectivity index (χ2n) is 4.24. The minimum Gasteiger partial charge on any atom is -0.380 e. The average molecular weight is 251 g/mol. The molecule has 1 aromatic heterocycles. The predicted molar refractivity (Wildman–Crippen MR) is 76.1 cm³/mol. The molecule has 0 aliphatic carbocycles. The molecule has 0 aromatic carbocycles. The van der Waals surface area contributed by atoms with Gasteiger partial charge in [0.2, 0.25) is 0 Å². The van der Waals surface area contributed by atoms with Crippen LogP contribution < -0.4 is 10.2 Å². The quantitative estimate of drug-likeness (QED) is 0.719. The van der Waals surface area contributed by atoms with Gasteiger partial charge in [-0.2, -0.15) is 0 Å². The Hall–Kier alpha value is -1.13. The molecule has 1 aromatic rings. The van der Waals surface area contributed by atoms with Crippen molar-refractivity contribution in [2.24, 2.45) is 0 Å². The van der Waals surface area contributed by atoms with Crippen LogP contribution in [0.1, 0.15) is 32.4 Å². The van der Waals surface area contributed by atoms with Gasteiger partial charge in [-0.3, -0.25) is 0 Å². The van der Waals surface area contributed by atoms with E-state index in [9.17, 15) is 0 Å². The molecule has 0 bridgehead atoms. The minimum atomic E-state index is 0.338. The standard InChI is InChI=1S/C14H25N3O/c1-5-17(9-10-18-6-2)14-8-7-13(11-16-14)12(3)15-4/h7-8,11-12,15H,5-6,9-10H2,1-4H3. The van der Waals surface area contributed by atoms with Crippen LogP contribution in [0, 0.1) is 0 Å². The lowest BCUT2D eigenvalue weighted by atomic mass is 10.1. The van der Waals surface area contributed by atoms with Gasteiger partial charge in [-0.05, 0) is 39.4 Å². The molecule has 0 spiro atoms. The van der Waals surface area contributed by atoms with E-state index >= 15 is 0 Å². The SMILES string of the molecule is CCOCCN(CC)c1ccc(C(C)NC)cn1. The molecule has 0 radical (unpaired) electrons. The highest BCUT2D eigenvalue weighted by Crippen LogP contribution is 2.15. The number of rotatable bonds is 8. The number of likely N-dealkylation sites (N-methyl/N-ethyl adjacent to an activating group) is 1. The van der Waals surface area contributed by atoms with E-state index in [-0.39, 0.29) is 0 Å². The third-order valence-electron chi connectivity index (χ3n) is 3.12. The van der Waals surface area contributed by atoms with Gasteiger partial charge in [-0.25, -0.2) is 4.98 Å². The van der Waals surface area contributed by atoms with Crippen molar-refractivity contribution >= 4 is 5.82 Å². The molecule has 0 saturated heterocycles. The van der Waals surface area contributed by atoms with Crippen LogP contribution in [-0.2, 0) is 4.74 Å². The van der Waals surface area contributed by atoms with Gasteiger partial charge in [0.1, 0.15) is 5.82 Å². The van der Waals surface area contributed by atoms with Crippen molar-refractivity contribution in [3.8, 4) is 0 Å². The molecule has 4 heteroatoms. The second-order valence-corrected chi connectivity index (χ2v) is 4.24. The number of anilines is 1. The maximum Gasteiger partial charge on any atom is 0.128 e. The molecule has 4 nitrogen and oxygen atoms in total. The first kappa shape index (κ1) is 14.9. The van der Waals surface area contributed by atoms with Crippen molar-refractivity contribution in [3.05, 3.63) is 23.9 Å². The maximum absolute atomic E-state index is 5.39. The molecular weight excluding hydrogens is 226 g/mol. The smallest absolute Gasteiger partial charge is 0.128 e. The predicted octanol–water partition coefficient (Wildman–Crippen LogP) is 2.22. The Labute approximate surface area is 110 Å². The van der Waals surface area contributed by atoms with Crippen molar-refractivity contribution < 1.29 is 4.74 Å². The molecule has 0 saturated carbocycles. The third kappa shape index (κ3) is 4.27. The molecule has 18 heavy (non-hydrogen) atoms. The zero-order valence-corrected chi connectivity index (χ0v) is 11.9. The molecule has 0 aliphatic heterocycles. The maximum atomic E-state index is 5.39. The van der Waals surface area contributed by atoms with Crippen LogP contribution in [0.25, 0.3) is 0 Å². The second kappa shape index (κ2) is 8.06. The Morgan fingerprint density at radius 2 is 2.17 bits per heavy atom. The van der Waals surface area contributed by atoms with Gasteiger partial charge in [0.15, 0.2) is 0 Å². The summed E-state index contributed by atoms with van der Waals surface area (Å²) in [4.78, 5) is 6.75. The molecule has 0 amide bonds. The van der Waals surface area contributed by atoms with Crippen LogP contribution in [-0.4, -0.2) is 38.3 Å². The summed E-state index contributed by atoms with van der Waals surface area (Å²) in [6, 6.07) is 4.55. The zero-order chi connectivity index (χ0) is 13.4. The fraction of sp³-hybridized carbons (Fsp3) is 0.643.